The van der Waals surface area contributed by atoms with E-state index in [4.69, 9.17) is 0 Å². The van der Waals surface area contributed by atoms with Crippen LogP contribution in [0.25, 0.3) is 5.65 Å². The molecule has 3 rings (SSSR count). The molecular weight excluding hydrogens is 328 g/mol. The molecule has 0 bridgehead atoms. The van der Waals surface area contributed by atoms with E-state index < -0.39 is 11.9 Å². The Morgan fingerprint density at radius 3 is 2.79 bits per heavy atom. The van der Waals surface area contributed by atoms with Crippen LogP contribution >= 0.6 is 11.3 Å². The number of nitrogens with one attached hydrogen (secondary N) is 1. The van der Waals surface area contributed by atoms with Crippen LogP contribution < -0.4 is 5.32 Å². The molecule has 0 aliphatic rings. The zero-order chi connectivity index (χ0) is 17.4. The zero-order valence-corrected chi connectivity index (χ0v) is 14.3. The first-order valence-electron chi connectivity index (χ1n) is 7.40. The van der Waals surface area contributed by atoms with Gasteiger partial charge in [0.1, 0.15) is 10.6 Å². The summed E-state index contributed by atoms with van der Waals surface area (Å²) in [6.45, 7) is 5.57. The molecule has 0 aliphatic heterocycles. The molecule has 24 heavy (non-hydrogen) atoms. The second-order valence-corrected chi connectivity index (χ2v) is 6.57. The number of nitrogens with zero attached hydrogens (tertiary/aromatic N) is 3. The molecule has 1 amide bonds. The van der Waals surface area contributed by atoms with E-state index in [1.54, 1.807) is 12.3 Å². The van der Waals surface area contributed by atoms with Crippen molar-refractivity contribution in [2.75, 3.05) is 5.32 Å². The first-order valence-corrected chi connectivity index (χ1v) is 8.22. The quantitative estimate of drug-likeness (QED) is 0.758. The smallest absolute Gasteiger partial charge is 0.339 e. The van der Waals surface area contributed by atoms with Gasteiger partial charge in [0.25, 0.3) is 5.91 Å². The van der Waals surface area contributed by atoms with E-state index in [0.717, 1.165) is 16.1 Å². The Labute approximate surface area is 142 Å². The van der Waals surface area contributed by atoms with Crippen molar-refractivity contribution < 1.29 is 14.7 Å². The summed E-state index contributed by atoms with van der Waals surface area (Å²) in [4.78, 5) is 29.4. The minimum Gasteiger partial charge on any atom is -0.478 e. The Morgan fingerprint density at radius 1 is 1.38 bits per heavy atom. The van der Waals surface area contributed by atoms with E-state index in [-0.39, 0.29) is 5.56 Å². The molecule has 0 radical (unpaired) electrons. The SMILES string of the molecule is CCc1c(C)sc(NC(=O)c2cnn3ccc(C)nc23)c1C(=O)O. The molecule has 3 heterocycles. The van der Waals surface area contributed by atoms with Crippen molar-refractivity contribution in [3.63, 3.8) is 0 Å². The summed E-state index contributed by atoms with van der Waals surface area (Å²) in [5.41, 5.74) is 2.42. The molecule has 0 saturated carbocycles. The maximum absolute atomic E-state index is 12.6. The van der Waals surface area contributed by atoms with Gasteiger partial charge < -0.3 is 10.4 Å². The number of amides is 1. The highest BCUT2D eigenvalue weighted by Gasteiger charge is 2.23. The van der Waals surface area contributed by atoms with Gasteiger partial charge in [0.15, 0.2) is 5.65 Å². The summed E-state index contributed by atoms with van der Waals surface area (Å²) in [6, 6.07) is 1.79. The molecule has 0 unspecified atom stereocenters. The fourth-order valence-electron chi connectivity index (χ4n) is 2.61. The van der Waals surface area contributed by atoms with Crippen LogP contribution in [0.1, 0.15) is 43.8 Å². The Balaban J connectivity index is 2.00. The predicted octanol–water partition coefficient (Wildman–Crippen LogP) is 2.92. The Bertz CT molecular complexity index is 958. The first-order chi connectivity index (χ1) is 11.4. The number of carbonyl (C=O) groups is 2. The maximum Gasteiger partial charge on any atom is 0.339 e. The van der Waals surface area contributed by atoms with Crippen LogP contribution in [-0.4, -0.2) is 31.6 Å². The van der Waals surface area contributed by atoms with Gasteiger partial charge in [-0.25, -0.2) is 14.3 Å². The van der Waals surface area contributed by atoms with E-state index in [0.29, 0.717) is 22.6 Å². The summed E-state index contributed by atoms with van der Waals surface area (Å²) in [6.07, 6.45) is 3.75. The Hall–Kier alpha value is -2.74. The predicted molar refractivity (Wildman–Crippen MR) is 91.1 cm³/mol. The van der Waals surface area contributed by atoms with Gasteiger partial charge in [-0.2, -0.15) is 5.10 Å². The molecule has 0 saturated heterocycles. The van der Waals surface area contributed by atoms with Gasteiger partial charge in [-0.1, -0.05) is 6.92 Å². The number of hydrogen-bond donors (Lipinski definition) is 2. The first kappa shape index (κ1) is 16.1. The van der Waals surface area contributed by atoms with E-state index in [1.807, 2.05) is 20.8 Å². The molecule has 7 nitrogen and oxygen atoms in total. The monoisotopic (exact) mass is 344 g/mol. The molecular formula is C16H16N4O3S. The normalized spacial score (nSPS) is 11.0. The average Bonchev–Trinajstić information content (AvgIpc) is 3.07. The average molecular weight is 344 g/mol. The van der Waals surface area contributed by atoms with Crippen molar-refractivity contribution in [1.82, 2.24) is 14.6 Å². The lowest BCUT2D eigenvalue weighted by atomic mass is 10.1. The van der Waals surface area contributed by atoms with E-state index in [9.17, 15) is 14.7 Å². The van der Waals surface area contributed by atoms with Gasteiger partial charge in [0, 0.05) is 16.8 Å². The minimum absolute atomic E-state index is 0.161. The summed E-state index contributed by atoms with van der Waals surface area (Å²) >= 11 is 1.27. The van der Waals surface area contributed by atoms with Crippen LogP contribution in [-0.2, 0) is 6.42 Å². The van der Waals surface area contributed by atoms with Crippen LogP contribution in [0.15, 0.2) is 18.5 Å². The maximum atomic E-state index is 12.6. The van der Waals surface area contributed by atoms with E-state index >= 15 is 0 Å². The van der Waals surface area contributed by atoms with Crippen molar-refractivity contribution in [2.24, 2.45) is 0 Å². The van der Waals surface area contributed by atoms with Crippen molar-refractivity contribution in [3.8, 4) is 0 Å². The molecule has 0 fully saturated rings. The van der Waals surface area contributed by atoms with Crippen LogP contribution in [0.4, 0.5) is 5.00 Å². The lowest BCUT2D eigenvalue weighted by Gasteiger charge is -2.04. The highest BCUT2D eigenvalue weighted by Crippen LogP contribution is 2.33. The largest absolute Gasteiger partial charge is 0.478 e. The number of aromatic carboxylic acids is 1. The Kier molecular flexibility index (Phi) is 4.06. The van der Waals surface area contributed by atoms with Gasteiger partial charge in [0.05, 0.1) is 11.8 Å². The van der Waals surface area contributed by atoms with Gasteiger partial charge in [-0.05, 0) is 31.9 Å². The molecule has 2 N–H and O–H groups in total. The van der Waals surface area contributed by atoms with E-state index in [1.165, 1.54) is 22.0 Å². The molecule has 8 heteroatoms. The number of anilines is 1. The molecule has 3 aromatic rings. The number of carboxylic acids is 1. The molecule has 3 aromatic heterocycles. The third-order valence-electron chi connectivity index (χ3n) is 3.76. The van der Waals surface area contributed by atoms with E-state index in [2.05, 4.69) is 15.4 Å². The van der Waals surface area contributed by atoms with Crippen LogP contribution in [0.5, 0.6) is 0 Å². The van der Waals surface area contributed by atoms with Crippen molar-refractivity contribution >= 4 is 33.9 Å². The third-order valence-corrected chi connectivity index (χ3v) is 4.82. The van der Waals surface area contributed by atoms with Gasteiger partial charge >= 0.3 is 5.97 Å². The second-order valence-electron chi connectivity index (χ2n) is 5.35. The number of thiophene rings is 1. The van der Waals surface area contributed by atoms with Gasteiger partial charge in [-0.3, -0.25) is 4.79 Å². The molecule has 124 valence electrons. The number of aromatic nitrogens is 3. The van der Waals surface area contributed by atoms with Crippen molar-refractivity contribution in [2.45, 2.75) is 27.2 Å². The van der Waals surface area contributed by atoms with Crippen LogP contribution in [0, 0.1) is 13.8 Å². The number of hydrogen-bond acceptors (Lipinski definition) is 5. The highest BCUT2D eigenvalue weighted by atomic mass is 32.1. The topological polar surface area (TPSA) is 96.6 Å². The second kappa shape index (κ2) is 6.04. The summed E-state index contributed by atoms with van der Waals surface area (Å²) in [5, 5.41) is 16.6. The molecule has 0 spiro atoms. The number of rotatable bonds is 4. The molecule has 0 atom stereocenters. The van der Waals surface area contributed by atoms with Gasteiger partial charge in [-0.15, -0.1) is 11.3 Å². The number of aryl methyl sites for hydroxylation is 2. The zero-order valence-electron chi connectivity index (χ0n) is 13.5. The molecule has 0 aromatic carbocycles. The number of carbonyl (C=O) groups excluding carboxylic acids is 1. The number of carboxylic acid groups (broad SMARTS) is 1. The standard InChI is InChI=1S/C16H16N4O3S/c1-4-10-9(3)24-15(12(10)16(22)23)19-14(21)11-7-17-20-6-5-8(2)18-13(11)20/h5-7H,4H2,1-3H3,(H,19,21)(H,22,23). The van der Waals surface area contributed by atoms with Crippen LogP contribution in [0.3, 0.4) is 0 Å². The van der Waals surface area contributed by atoms with Gasteiger partial charge in [0.2, 0.25) is 0 Å². The summed E-state index contributed by atoms with van der Waals surface area (Å²) in [5.74, 6) is -1.46. The van der Waals surface area contributed by atoms with Crippen molar-refractivity contribution in [3.05, 3.63) is 45.7 Å². The lowest BCUT2D eigenvalue weighted by molar-refractivity contribution is 0.0697. The Morgan fingerprint density at radius 2 is 2.12 bits per heavy atom. The third kappa shape index (κ3) is 2.65. The lowest BCUT2D eigenvalue weighted by Crippen LogP contribution is -2.14. The minimum atomic E-state index is -1.04. The molecule has 0 aliphatic carbocycles. The fourth-order valence-corrected chi connectivity index (χ4v) is 3.74. The fraction of sp³-hybridized carbons (Fsp3) is 0.250. The highest BCUT2D eigenvalue weighted by molar-refractivity contribution is 7.16. The van der Waals surface area contributed by atoms with Crippen molar-refractivity contribution in [1.29, 1.82) is 0 Å². The number of fused-ring (bicyclic) bond motifs is 1. The summed E-state index contributed by atoms with van der Waals surface area (Å²) in [7, 11) is 0. The summed E-state index contributed by atoms with van der Waals surface area (Å²) < 4.78 is 1.51. The van der Waals surface area contributed by atoms with Crippen LogP contribution in [0.2, 0.25) is 0 Å².